The molecule has 1 N–H and O–H groups in total. The minimum atomic E-state index is -3.65. The van der Waals surface area contributed by atoms with Crippen molar-refractivity contribution in [3.05, 3.63) is 57.5 Å². The fourth-order valence-corrected chi connectivity index (χ4v) is 6.28. The van der Waals surface area contributed by atoms with Gasteiger partial charge in [0.2, 0.25) is 21.8 Å². The van der Waals surface area contributed by atoms with Gasteiger partial charge in [0.05, 0.1) is 4.90 Å². The molecular formula is C21H19ClN4O5S2. The van der Waals surface area contributed by atoms with Crippen LogP contribution in [0.4, 0.5) is 5.69 Å². The van der Waals surface area contributed by atoms with E-state index in [2.05, 4.69) is 15.5 Å². The van der Waals surface area contributed by atoms with Gasteiger partial charge in [-0.05, 0) is 49.2 Å². The topological polar surface area (TPSA) is 111 Å². The van der Waals surface area contributed by atoms with E-state index in [0.717, 1.165) is 6.42 Å². The Hall–Kier alpha value is -2.73. The number of hydrogen-bond donors (Lipinski definition) is 1. The van der Waals surface area contributed by atoms with E-state index in [1.165, 1.54) is 27.8 Å². The summed E-state index contributed by atoms with van der Waals surface area (Å²) in [7, 11) is -3.65. The number of halogens is 1. The zero-order valence-corrected chi connectivity index (χ0v) is 19.6. The second kappa shape index (κ2) is 8.90. The number of nitrogens with zero attached hydrogens (tertiary/aromatic N) is 3. The number of benzene rings is 2. The Balaban J connectivity index is 1.28. The second-order valence-corrected chi connectivity index (χ2v) is 11.0. The largest absolute Gasteiger partial charge is 0.454 e. The van der Waals surface area contributed by atoms with E-state index < -0.39 is 10.0 Å². The Morgan fingerprint density at radius 2 is 1.91 bits per heavy atom. The number of aromatic nitrogens is 2. The molecule has 3 heterocycles. The zero-order valence-electron chi connectivity index (χ0n) is 17.2. The van der Waals surface area contributed by atoms with E-state index >= 15 is 0 Å². The molecule has 0 aliphatic carbocycles. The van der Waals surface area contributed by atoms with Crippen LogP contribution >= 0.6 is 22.9 Å². The van der Waals surface area contributed by atoms with Crippen LogP contribution in [0.5, 0.6) is 11.5 Å². The highest BCUT2D eigenvalue weighted by Gasteiger charge is 2.33. The maximum Gasteiger partial charge on any atom is 0.286 e. The lowest BCUT2D eigenvalue weighted by Crippen LogP contribution is -2.39. The molecule has 9 nitrogen and oxygen atoms in total. The van der Waals surface area contributed by atoms with Crippen LogP contribution in [0.25, 0.3) is 0 Å². The summed E-state index contributed by atoms with van der Waals surface area (Å²) in [5.74, 6) is 0.668. The molecule has 5 rings (SSSR count). The van der Waals surface area contributed by atoms with Crippen LogP contribution in [0.3, 0.4) is 0 Å². The summed E-state index contributed by atoms with van der Waals surface area (Å²) in [6, 6.07) is 11.3. The molecule has 1 atom stereocenters. The lowest BCUT2D eigenvalue weighted by atomic mass is 10.0. The molecule has 1 fully saturated rings. The third kappa shape index (κ3) is 4.54. The highest BCUT2D eigenvalue weighted by atomic mass is 35.5. The standard InChI is InChI=1S/C21H19ClN4O5S2/c22-14-3-6-16(7-4-14)33(28,29)26-9-1-2-13(11-26)20-24-25-21(32-20)19(27)23-15-5-8-17-18(10-15)31-12-30-17/h3-8,10,13H,1-2,9,11-12H2,(H,23,27). The third-order valence-electron chi connectivity index (χ3n) is 5.45. The first-order chi connectivity index (χ1) is 15.9. The third-order valence-corrected chi connectivity index (χ3v) is 8.67. The molecule has 2 aliphatic heterocycles. The average molecular weight is 507 g/mol. The second-order valence-electron chi connectivity index (χ2n) is 7.62. The van der Waals surface area contributed by atoms with Crippen molar-refractivity contribution in [1.82, 2.24) is 14.5 Å². The van der Waals surface area contributed by atoms with Crippen molar-refractivity contribution < 1.29 is 22.7 Å². The Kier molecular flexibility index (Phi) is 5.95. The average Bonchev–Trinajstić information content (AvgIpc) is 3.49. The van der Waals surface area contributed by atoms with Crippen molar-refractivity contribution in [2.24, 2.45) is 0 Å². The van der Waals surface area contributed by atoms with Gasteiger partial charge in [-0.3, -0.25) is 4.79 Å². The first-order valence-electron chi connectivity index (χ1n) is 10.2. The Bertz CT molecular complexity index is 1300. The number of carbonyl (C=O) groups excluding carboxylic acids is 1. The van der Waals surface area contributed by atoms with Crippen LogP contribution in [-0.2, 0) is 10.0 Å². The van der Waals surface area contributed by atoms with E-state index in [1.54, 1.807) is 30.3 Å². The highest BCUT2D eigenvalue weighted by Crippen LogP contribution is 2.35. The molecule has 2 aliphatic rings. The van der Waals surface area contributed by atoms with Crippen molar-refractivity contribution in [1.29, 1.82) is 0 Å². The molecule has 172 valence electrons. The SMILES string of the molecule is O=C(Nc1ccc2c(c1)OCO2)c1nnc(C2CCCN(S(=O)(=O)c3ccc(Cl)cc3)C2)s1. The minimum absolute atomic E-state index is 0.134. The monoisotopic (exact) mass is 506 g/mol. The fraction of sp³-hybridized carbons (Fsp3) is 0.286. The van der Waals surface area contributed by atoms with E-state index in [4.69, 9.17) is 21.1 Å². The Labute approximate surface area is 199 Å². The summed E-state index contributed by atoms with van der Waals surface area (Å²) in [4.78, 5) is 12.9. The maximum atomic E-state index is 13.0. The molecule has 0 radical (unpaired) electrons. The maximum absolute atomic E-state index is 13.0. The molecule has 33 heavy (non-hydrogen) atoms. The van der Waals surface area contributed by atoms with Crippen LogP contribution in [0.1, 0.15) is 33.6 Å². The molecule has 0 bridgehead atoms. The molecule has 1 saturated heterocycles. The summed E-state index contributed by atoms with van der Waals surface area (Å²) in [6.45, 7) is 0.861. The lowest BCUT2D eigenvalue weighted by molar-refractivity contribution is 0.102. The number of carbonyl (C=O) groups is 1. The number of anilines is 1. The van der Waals surface area contributed by atoms with Crippen molar-refractivity contribution in [3.8, 4) is 11.5 Å². The van der Waals surface area contributed by atoms with Gasteiger partial charge in [0.15, 0.2) is 11.5 Å². The predicted molar refractivity (Wildman–Crippen MR) is 123 cm³/mol. The summed E-state index contributed by atoms with van der Waals surface area (Å²) >= 11 is 7.06. The highest BCUT2D eigenvalue weighted by molar-refractivity contribution is 7.89. The number of piperidine rings is 1. The van der Waals surface area contributed by atoms with Crippen LogP contribution in [-0.4, -0.2) is 48.7 Å². The molecule has 3 aromatic rings. The minimum Gasteiger partial charge on any atom is -0.454 e. The van der Waals surface area contributed by atoms with Crippen molar-refractivity contribution in [3.63, 3.8) is 0 Å². The number of sulfonamides is 1. The molecule has 2 aromatic carbocycles. The van der Waals surface area contributed by atoms with E-state index in [1.807, 2.05) is 0 Å². The first-order valence-corrected chi connectivity index (χ1v) is 12.8. The number of hydrogen-bond acceptors (Lipinski definition) is 8. The van der Waals surface area contributed by atoms with Gasteiger partial charge in [-0.1, -0.05) is 22.9 Å². The summed E-state index contributed by atoms with van der Waals surface area (Å²) in [5, 5.41) is 12.3. The van der Waals surface area contributed by atoms with Crippen molar-refractivity contribution >= 4 is 44.6 Å². The lowest BCUT2D eigenvalue weighted by Gasteiger charge is -2.30. The molecule has 0 spiro atoms. The van der Waals surface area contributed by atoms with Crippen molar-refractivity contribution in [2.45, 2.75) is 23.7 Å². The normalized spacial score (nSPS) is 18.3. The van der Waals surface area contributed by atoms with E-state index in [-0.39, 0.29) is 35.1 Å². The van der Waals surface area contributed by atoms with E-state index in [9.17, 15) is 13.2 Å². The van der Waals surface area contributed by atoms with Gasteiger partial charge in [0.1, 0.15) is 5.01 Å². The van der Waals surface area contributed by atoms with Crippen LogP contribution < -0.4 is 14.8 Å². The van der Waals surface area contributed by atoms with Gasteiger partial charge >= 0.3 is 0 Å². The molecule has 1 aromatic heterocycles. The number of amides is 1. The summed E-state index contributed by atoms with van der Waals surface area (Å²) in [5.41, 5.74) is 0.555. The summed E-state index contributed by atoms with van der Waals surface area (Å²) in [6.07, 6.45) is 1.46. The van der Waals surface area contributed by atoms with Gasteiger partial charge < -0.3 is 14.8 Å². The van der Waals surface area contributed by atoms with E-state index in [0.29, 0.717) is 40.2 Å². The predicted octanol–water partition coefficient (Wildman–Crippen LogP) is 3.74. The molecular weight excluding hydrogens is 488 g/mol. The van der Waals surface area contributed by atoms with Gasteiger partial charge in [0.25, 0.3) is 5.91 Å². The number of fused-ring (bicyclic) bond motifs is 1. The molecule has 0 saturated carbocycles. The van der Waals surface area contributed by atoms with Gasteiger partial charge in [-0.25, -0.2) is 8.42 Å². The van der Waals surface area contributed by atoms with Crippen LogP contribution in [0.15, 0.2) is 47.4 Å². The number of nitrogens with one attached hydrogen (secondary N) is 1. The Morgan fingerprint density at radius 1 is 1.12 bits per heavy atom. The zero-order chi connectivity index (χ0) is 23.0. The molecule has 12 heteroatoms. The quantitative estimate of drug-likeness (QED) is 0.561. The van der Waals surface area contributed by atoms with Crippen LogP contribution in [0, 0.1) is 0 Å². The number of rotatable bonds is 5. The smallest absolute Gasteiger partial charge is 0.286 e. The fourth-order valence-electron chi connectivity index (χ4n) is 3.77. The van der Waals surface area contributed by atoms with Gasteiger partial charge in [0, 0.05) is 35.8 Å². The molecule has 1 amide bonds. The van der Waals surface area contributed by atoms with Crippen LogP contribution in [0.2, 0.25) is 5.02 Å². The molecule has 1 unspecified atom stereocenters. The van der Waals surface area contributed by atoms with Crippen molar-refractivity contribution in [2.75, 3.05) is 25.2 Å². The Morgan fingerprint density at radius 3 is 2.73 bits per heavy atom. The number of ether oxygens (including phenoxy) is 2. The van der Waals surface area contributed by atoms with Gasteiger partial charge in [-0.2, -0.15) is 4.31 Å². The summed E-state index contributed by atoms with van der Waals surface area (Å²) < 4.78 is 38.1. The van der Waals surface area contributed by atoms with Gasteiger partial charge in [-0.15, -0.1) is 10.2 Å². The first kappa shape index (κ1) is 22.1.